The number of ether oxygens (including phenoxy) is 3. The Bertz CT molecular complexity index is 831. The molecule has 7 nitrogen and oxygen atoms in total. The van der Waals surface area contributed by atoms with Gasteiger partial charge >= 0.3 is 0 Å². The molecular formula is C19H21BrN2O5. The molecule has 2 aromatic rings. The molecule has 0 aromatic heterocycles. The summed E-state index contributed by atoms with van der Waals surface area (Å²) in [6.07, 6.45) is 0. The number of rotatable bonds is 6. The molecule has 0 bridgehead atoms. The number of hydrazine groups is 1. The van der Waals surface area contributed by atoms with Crippen molar-refractivity contribution in [2.45, 2.75) is 13.8 Å². The van der Waals surface area contributed by atoms with Gasteiger partial charge in [0.1, 0.15) is 5.75 Å². The summed E-state index contributed by atoms with van der Waals surface area (Å²) in [5, 5.41) is 0. The summed E-state index contributed by atoms with van der Waals surface area (Å²) in [4.78, 5) is 24.1. The van der Waals surface area contributed by atoms with E-state index in [1.807, 2.05) is 26.0 Å². The number of nitrogens with one attached hydrogen (secondary N) is 2. The van der Waals surface area contributed by atoms with Crippen molar-refractivity contribution in [2.24, 2.45) is 0 Å². The molecule has 0 atom stereocenters. The molecule has 27 heavy (non-hydrogen) atoms. The smallest absolute Gasteiger partial charge is 0.276 e. The normalized spacial score (nSPS) is 10.1. The van der Waals surface area contributed by atoms with E-state index in [2.05, 4.69) is 26.8 Å². The van der Waals surface area contributed by atoms with Gasteiger partial charge in [0.2, 0.25) is 0 Å². The highest BCUT2D eigenvalue weighted by Crippen LogP contribution is 2.28. The maximum absolute atomic E-state index is 12.2. The Morgan fingerprint density at radius 1 is 0.963 bits per heavy atom. The van der Waals surface area contributed by atoms with Crippen LogP contribution in [0.5, 0.6) is 17.2 Å². The SMILES string of the molecule is COc1ccc(C(=O)NNC(=O)COc2c(C)cc(Br)cc2C)cc1OC. The van der Waals surface area contributed by atoms with Gasteiger partial charge in [-0.05, 0) is 55.3 Å². The minimum atomic E-state index is -0.486. The quantitative estimate of drug-likeness (QED) is 0.679. The van der Waals surface area contributed by atoms with Gasteiger partial charge in [-0.2, -0.15) is 0 Å². The van der Waals surface area contributed by atoms with Gasteiger partial charge in [0.15, 0.2) is 18.1 Å². The van der Waals surface area contributed by atoms with Crippen LogP contribution in [-0.2, 0) is 4.79 Å². The molecule has 0 fully saturated rings. The van der Waals surface area contributed by atoms with Gasteiger partial charge in [-0.3, -0.25) is 20.4 Å². The highest BCUT2D eigenvalue weighted by atomic mass is 79.9. The Hall–Kier alpha value is -2.74. The predicted octanol–water partition coefficient (Wildman–Crippen LogP) is 2.92. The highest BCUT2D eigenvalue weighted by Gasteiger charge is 2.13. The maximum atomic E-state index is 12.2. The van der Waals surface area contributed by atoms with Crippen LogP contribution in [0.25, 0.3) is 0 Å². The number of hydrogen-bond acceptors (Lipinski definition) is 5. The van der Waals surface area contributed by atoms with Crippen LogP contribution in [0.3, 0.4) is 0 Å². The fourth-order valence-electron chi connectivity index (χ4n) is 2.48. The van der Waals surface area contributed by atoms with Gasteiger partial charge in [0.25, 0.3) is 11.8 Å². The van der Waals surface area contributed by atoms with Crippen molar-refractivity contribution in [3.05, 3.63) is 51.5 Å². The summed E-state index contributed by atoms with van der Waals surface area (Å²) in [6, 6.07) is 8.50. The molecule has 2 aromatic carbocycles. The van der Waals surface area contributed by atoms with Crippen molar-refractivity contribution in [3.63, 3.8) is 0 Å². The largest absolute Gasteiger partial charge is 0.493 e. The summed E-state index contributed by atoms with van der Waals surface area (Å²) < 4.78 is 16.8. The van der Waals surface area contributed by atoms with Crippen LogP contribution in [0.15, 0.2) is 34.8 Å². The number of amides is 2. The van der Waals surface area contributed by atoms with E-state index in [0.29, 0.717) is 22.8 Å². The molecule has 0 aliphatic carbocycles. The number of carbonyl (C=O) groups is 2. The van der Waals surface area contributed by atoms with Crippen molar-refractivity contribution in [2.75, 3.05) is 20.8 Å². The molecule has 8 heteroatoms. The van der Waals surface area contributed by atoms with Crippen molar-refractivity contribution < 1.29 is 23.8 Å². The molecule has 0 aliphatic rings. The molecule has 0 unspecified atom stereocenters. The zero-order valence-electron chi connectivity index (χ0n) is 15.5. The molecule has 2 N–H and O–H groups in total. The zero-order valence-corrected chi connectivity index (χ0v) is 17.1. The average Bonchev–Trinajstić information content (AvgIpc) is 2.64. The van der Waals surface area contributed by atoms with Gasteiger partial charge in [-0.25, -0.2) is 0 Å². The summed E-state index contributed by atoms with van der Waals surface area (Å²) in [7, 11) is 2.98. The summed E-state index contributed by atoms with van der Waals surface area (Å²) in [5.41, 5.74) is 6.79. The topological polar surface area (TPSA) is 85.9 Å². The highest BCUT2D eigenvalue weighted by molar-refractivity contribution is 9.10. The van der Waals surface area contributed by atoms with E-state index >= 15 is 0 Å². The molecule has 0 heterocycles. The number of methoxy groups -OCH3 is 2. The van der Waals surface area contributed by atoms with Gasteiger partial charge in [-0.1, -0.05) is 15.9 Å². The molecule has 2 amide bonds. The van der Waals surface area contributed by atoms with Crippen molar-refractivity contribution >= 4 is 27.7 Å². The first-order valence-corrected chi connectivity index (χ1v) is 8.85. The summed E-state index contributed by atoms with van der Waals surface area (Å²) >= 11 is 3.41. The number of carbonyl (C=O) groups excluding carboxylic acids is 2. The third-order valence-corrected chi connectivity index (χ3v) is 4.19. The molecule has 144 valence electrons. The third kappa shape index (κ3) is 5.37. The second kappa shape index (κ2) is 9.27. The number of hydrogen-bond donors (Lipinski definition) is 2. The van der Waals surface area contributed by atoms with E-state index in [1.165, 1.54) is 20.3 Å². The Morgan fingerprint density at radius 3 is 2.19 bits per heavy atom. The lowest BCUT2D eigenvalue weighted by molar-refractivity contribution is -0.123. The molecule has 0 saturated heterocycles. The minimum absolute atomic E-state index is 0.227. The van der Waals surface area contributed by atoms with E-state index in [4.69, 9.17) is 14.2 Å². The molecule has 0 radical (unpaired) electrons. The van der Waals surface area contributed by atoms with Gasteiger partial charge in [-0.15, -0.1) is 0 Å². The van der Waals surface area contributed by atoms with Crippen LogP contribution >= 0.6 is 15.9 Å². The monoisotopic (exact) mass is 436 g/mol. The molecule has 0 aliphatic heterocycles. The number of aryl methyl sites for hydroxylation is 2. The van der Waals surface area contributed by atoms with Gasteiger partial charge in [0, 0.05) is 10.0 Å². The Morgan fingerprint density at radius 2 is 1.59 bits per heavy atom. The minimum Gasteiger partial charge on any atom is -0.493 e. The van der Waals surface area contributed by atoms with Gasteiger partial charge < -0.3 is 14.2 Å². The number of halogens is 1. The fraction of sp³-hybridized carbons (Fsp3) is 0.263. The second-order valence-electron chi connectivity index (χ2n) is 5.73. The molecule has 0 spiro atoms. The first kappa shape index (κ1) is 20.6. The predicted molar refractivity (Wildman–Crippen MR) is 104 cm³/mol. The van der Waals surface area contributed by atoms with Crippen LogP contribution in [0.1, 0.15) is 21.5 Å². The van der Waals surface area contributed by atoms with Crippen molar-refractivity contribution in [1.29, 1.82) is 0 Å². The van der Waals surface area contributed by atoms with Crippen molar-refractivity contribution in [1.82, 2.24) is 10.9 Å². The molecule has 2 rings (SSSR count). The van der Waals surface area contributed by atoms with Crippen molar-refractivity contribution in [3.8, 4) is 17.2 Å². The van der Waals surface area contributed by atoms with Crippen LogP contribution in [0, 0.1) is 13.8 Å². The zero-order chi connectivity index (χ0) is 20.0. The Kier molecular flexibility index (Phi) is 7.06. The van der Waals surface area contributed by atoms with E-state index < -0.39 is 11.8 Å². The standard InChI is InChI=1S/C19H21BrN2O5/c1-11-7-14(20)8-12(2)18(11)27-10-17(23)21-22-19(24)13-5-6-15(25-3)16(9-13)26-4/h5-9H,10H2,1-4H3,(H,21,23)(H,22,24). The molecule has 0 saturated carbocycles. The van der Waals surface area contributed by atoms with E-state index in [-0.39, 0.29) is 6.61 Å². The Balaban J connectivity index is 1.91. The van der Waals surface area contributed by atoms with Crippen LogP contribution < -0.4 is 25.1 Å². The lowest BCUT2D eigenvalue weighted by Crippen LogP contribution is -2.43. The van der Waals surface area contributed by atoms with E-state index in [1.54, 1.807) is 12.1 Å². The lowest BCUT2D eigenvalue weighted by atomic mass is 10.1. The maximum Gasteiger partial charge on any atom is 0.276 e. The number of benzene rings is 2. The average molecular weight is 437 g/mol. The van der Waals surface area contributed by atoms with Crippen LogP contribution in [0.2, 0.25) is 0 Å². The first-order valence-electron chi connectivity index (χ1n) is 8.06. The molecular weight excluding hydrogens is 416 g/mol. The van der Waals surface area contributed by atoms with Crippen LogP contribution in [0.4, 0.5) is 0 Å². The Labute approximate surface area is 166 Å². The lowest BCUT2D eigenvalue weighted by Gasteiger charge is -2.13. The first-order chi connectivity index (χ1) is 12.8. The van der Waals surface area contributed by atoms with E-state index in [9.17, 15) is 9.59 Å². The van der Waals surface area contributed by atoms with E-state index in [0.717, 1.165) is 15.6 Å². The summed E-state index contributed by atoms with van der Waals surface area (Å²) in [6.45, 7) is 3.56. The van der Waals surface area contributed by atoms with Crippen LogP contribution in [-0.4, -0.2) is 32.6 Å². The van der Waals surface area contributed by atoms with Gasteiger partial charge in [0.05, 0.1) is 14.2 Å². The summed E-state index contributed by atoms with van der Waals surface area (Å²) in [5.74, 6) is 0.596. The fourth-order valence-corrected chi connectivity index (χ4v) is 3.16. The third-order valence-electron chi connectivity index (χ3n) is 3.73. The second-order valence-corrected chi connectivity index (χ2v) is 6.65.